The molecule has 0 amide bonds. The minimum absolute atomic E-state index is 0. The van der Waals surface area contributed by atoms with Crippen molar-refractivity contribution in [3.63, 3.8) is 0 Å². The Labute approximate surface area is 66.0 Å². The van der Waals surface area contributed by atoms with Crippen molar-refractivity contribution >= 4 is 11.2 Å². The molecular weight excluding hydrogens is 138 g/mol. The monoisotopic (exact) mass is 149 g/mol. The van der Waals surface area contributed by atoms with E-state index in [4.69, 9.17) is 0 Å². The van der Waals surface area contributed by atoms with Crippen LogP contribution in [-0.4, -0.2) is 15.0 Å². The molecule has 1 N–H and O–H groups in total. The summed E-state index contributed by atoms with van der Waals surface area (Å²) in [6.45, 7) is 2.11. The van der Waals surface area contributed by atoms with Crippen LogP contribution in [0.25, 0.3) is 11.2 Å². The summed E-state index contributed by atoms with van der Waals surface area (Å²) >= 11 is 0. The lowest BCUT2D eigenvalue weighted by molar-refractivity contribution is 1.12. The first kappa shape index (κ1) is 6.34. The van der Waals surface area contributed by atoms with Crippen molar-refractivity contribution in [3.05, 3.63) is 24.2 Å². The average molecular weight is 149 g/mol. The number of rotatable bonds is 1. The van der Waals surface area contributed by atoms with Gasteiger partial charge in [-0.1, -0.05) is 6.92 Å². The number of fused-ring (bicyclic) bond motifs is 1. The summed E-state index contributed by atoms with van der Waals surface area (Å²) in [5, 5.41) is 0. The van der Waals surface area contributed by atoms with E-state index in [1.807, 2.05) is 6.20 Å². The van der Waals surface area contributed by atoms with Crippen LogP contribution in [0, 0.1) is 0 Å². The Morgan fingerprint density at radius 1 is 1.55 bits per heavy atom. The van der Waals surface area contributed by atoms with Crippen molar-refractivity contribution < 1.29 is 1.43 Å². The van der Waals surface area contributed by atoms with Gasteiger partial charge in [-0.2, -0.15) is 0 Å². The van der Waals surface area contributed by atoms with Crippen LogP contribution < -0.4 is 0 Å². The van der Waals surface area contributed by atoms with E-state index < -0.39 is 0 Å². The topological polar surface area (TPSA) is 41.6 Å². The Bertz CT molecular complexity index is 369. The van der Waals surface area contributed by atoms with Crippen molar-refractivity contribution in [1.29, 1.82) is 0 Å². The molecular formula is C8H11N3. The van der Waals surface area contributed by atoms with Crippen molar-refractivity contribution in [2.24, 2.45) is 0 Å². The molecule has 0 aliphatic rings. The third-order valence-corrected chi connectivity index (χ3v) is 1.74. The normalized spacial score (nSPS) is 10.6. The molecule has 0 atom stereocenters. The number of H-pyrrole nitrogens is 1. The van der Waals surface area contributed by atoms with Gasteiger partial charge < -0.3 is 4.98 Å². The minimum atomic E-state index is 0. The number of hydrogen-bond acceptors (Lipinski definition) is 2. The molecule has 0 aliphatic carbocycles. The van der Waals surface area contributed by atoms with E-state index in [1.165, 1.54) is 5.56 Å². The van der Waals surface area contributed by atoms with Gasteiger partial charge in [0.15, 0.2) is 5.65 Å². The van der Waals surface area contributed by atoms with Crippen LogP contribution in [0.1, 0.15) is 13.9 Å². The molecule has 2 aromatic rings. The maximum atomic E-state index is 4.17. The third kappa shape index (κ3) is 0.981. The van der Waals surface area contributed by atoms with Crippen LogP contribution in [0.5, 0.6) is 0 Å². The average Bonchev–Trinajstić information content (AvgIpc) is 2.50. The predicted molar refractivity (Wildman–Crippen MR) is 45.4 cm³/mol. The molecule has 0 saturated carbocycles. The van der Waals surface area contributed by atoms with Gasteiger partial charge in [-0.3, -0.25) is 0 Å². The maximum Gasteiger partial charge on any atom is 0.177 e. The van der Waals surface area contributed by atoms with Gasteiger partial charge in [0.1, 0.15) is 0 Å². The molecule has 0 unspecified atom stereocenters. The maximum absolute atomic E-state index is 4.17. The molecule has 2 heterocycles. The highest BCUT2D eigenvalue weighted by Gasteiger charge is 1.96. The van der Waals surface area contributed by atoms with E-state index in [2.05, 4.69) is 27.9 Å². The molecule has 0 fully saturated rings. The fourth-order valence-corrected chi connectivity index (χ4v) is 1.07. The highest BCUT2D eigenvalue weighted by atomic mass is 14.9. The third-order valence-electron chi connectivity index (χ3n) is 1.74. The summed E-state index contributed by atoms with van der Waals surface area (Å²) < 4.78 is 0. The molecule has 0 spiro atoms. The Hall–Kier alpha value is -1.38. The highest BCUT2D eigenvalue weighted by Crippen LogP contribution is 2.07. The molecule has 3 nitrogen and oxygen atoms in total. The quantitative estimate of drug-likeness (QED) is 0.671. The first-order valence-corrected chi connectivity index (χ1v) is 3.68. The molecule has 0 saturated heterocycles. The Morgan fingerprint density at radius 3 is 3.27 bits per heavy atom. The summed E-state index contributed by atoms with van der Waals surface area (Å²) in [6, 6.07) is 2.08. The van der Waals surface area contributed by atoms with E-state index in [0.717, 1.165) is 17.6 Å². The van der Waals surface area contributed by atoms with Crippen LogP contribution in [0.15, 0.2) is 18.6 Å². The summed E-state index contributed by atoms with van der Waals surface area (Å²) in [6.07, 6.45) is 4.54. The van der Waals surface area contributed by atoms with Crippen molar-refractivity contribution in [2.75, 3.05) is 0 Å². The summed E-state index contributed by atoms with van der Waals surface area (Å²) in [5.74, 6) is 0. The molecule has 0 aliphatic heterocycles. The van der Waals surface area contributed by atoms with Crippen molar-refractivity contribution in [1.82, 2.24) is 15.0 Å². The van der Waals surface area contributed by atoms with Gasteiger partial charge in [-0.15, -0.1) is 0 Å². The lowest BCUT2D eigenvalue weighted by atomic mass is 10.2. The van der Waals surface area contributed by atoms with E-state index in [9.17, 15) is 0 Å². The van der Waals surface area contributed by atoms with Crippen LogP contribution in [0.4, 0.5) is 0 Å². The smallest absolute Gasteiger partial charge is 0.177 e. The molecule has 2 aromatic heterocycles. The fraction of sp³-hybridized carbons (Fsp3) is 0.250. The van der Waals surface area contributed by atoms with E-state index >= 15 is 0 Å². The first-order chi connectivity index (χ1) is 5.40. The number of hydrogen-bond donors (Lipinski definition) is 1. The summed E-state index contributed by atoms with van der Waals surface area (Å²) in [7, 11) is 0. The second-order valence-electron chi connectivity index (χ2n) is 2.47. The largest absolute Gasteiger partial charge is 0.343 e. The fourth-order valence-electron chi connectivity index (χ4n) is 1.07. The second-order valence-corrected chi connectivity index (χ2v) is 2.47. The molecule has 0 aromatic carbocycles. The Morgan fingerprint density at radius 2 is 2.45 bits per heavy atom. The summed E-state index contributed by atoms with van der Waals surface area (Å²) in [4.78, 5) is 11.2. The van der Waals surface area contributed by atoms with E-state index in [1.54, 1.807) is 6.33 Å². The van der Waals surface area contributed by atoms with Gasteiger partial charge in [-0.25, -0.2) is 9.97 Å². The molecule has 3 heteroatoms. The van der Waals surface area contributed by atoms with Gasteiger partial charge in [-0.05, 0) is 18.1 Å². The lowest BCUT2D eigenvalue weighted by Gasteiger charge is -1.92. The van der Waals surface area contributed by atoms with Gasteiger partial charge in [0.05, 0.1) is 11.8 Å². The second kappa shape index (κ2) is 2.34. The van der Waals surface area contributed by atoms with Gasteiger partial charge >= 0.3 is 0 Å². The zero-order valence-electron chi connectivity index (χ0n) is 6.33. The van der Waals surface area contributed by atoms with Crippen molar-refractivity contribution in [3.8, 4) is 0 Å². The van der Waals surface area contributed by atoms with Crippen LogP contribution in [-0.2, 0) is 6.42 Å². The molecule has 0 bridgehead atoms. The zero-order valence-corrected chi connectivity index (χ0v) is 6.33. The Kier molecular flexibility index (Phi) is 1.35. The molecule has 2 rings (SSSR count). The predicted octanol–water partition coefficient (Wildman–Crippen LogP) is 1.77. The summed E-state index contributed by atoms with van der Waals surface area (Å²) in [5.41, 5.74) is 3.05. The SMILES string of the molecule is CCc1cnc2nc[nH]c2c1.[HH]. The van der Waals surface area contributed by atoms with Gasteiger partial charge in [0.25, 0.3) is 0 Å². The number of nitrogens with one attached hydrogen (secondary N) is 1. The number of aromatic nitrogens is 3. The van der Waals surface area contributed by atoms with Crippen LogP contribution in [0.3, 0.4) is 0 Å². The number of imidazole rings is 1. The highest BCUT2D eigenvalue weighted by molar-refractivity contribution is 5.69. The number of aryl methyl sites for hydroxylation is 1. The van der Waals surface area contributed by atoms with E-state index in [-0.39, 0.29) is 1.43 Å². The number of nitrogens with zero attached hydrogens (tertiary/aromatic N) is 2. The minimum Gasteiger partial charge on any atom is -0.343 e. The number of aromatic amines is 1. The van der Waals surface area contributed by atoms with Gasteiger partial charge in [0.2, 0.25) is 0 Å². The standard InChI is InChI=1S/C8H9N3.H2/c1-2-6-3-7-8(9-4-6)11-5-10-7;/h3-5H,2H2,1H3,(H,9,10,11);1H. The van der Waals surface area contributed by atoms with E-state index in [0.29, 0.717) is 0 Å². The van der Waals surface area contributed by atoms with Gasteiger partial charge in [0, 0.05) is 7.62 Å². The zero-order chi connectivity index (χ0) is 7.68. The lowest BCUT2D eigenvalue weighted by Crippen LogP contribution is -1.82. The first-order valence-electron chi connectivity index (χ1n) is 3.68. The van der Waals surface area contributed by atoms with Crippen LogP contribution in [0.2, 0.25) is 0 Å². The van der Waals surface area contributed by atoms with Crippen molar-refractivity contribution in [2.45, 2.75) is 13.3 Å². The molecule has 0 radical (unpaired) electrons. The number of pyridine rings is 1. The van der Waals surface area contributed by atoms with Crippen LogP contribution >= 0.6 is 0 Å². The Balaban J connectivity index is 0.000000720. The molecule has 11 heavy (non-hydrogen) atoms. The molecule has 58 valence electrons.